The molecule has 0 fully saturated rings. The van der Waals surface area contributed by atoms with E-state index in [2.05, 4.69) is 4.98 Å². The molecule has 0 unspecified atom stereocenters. The average Bonchev–Trinajstić information content (AvgIpc) is 2.42. The lowest BCUT2D eigenvalue weighted by Crippen LogP contribution is -1.85. The zero-order valence-electron chi connectivity index (χ0n) is 6.93. The Morgan fingerprint density at radius 3 is 2.86 bits per heavy atom. The number of anilines is 1. The monoisotopic (exact) mass is 213 g/mol. The first-order chi connectivity index (χ1) is 6.16. The highest BCUT2D eigenvalue weighted by molar-refractivity contribution is 7.22. The number of nitro benzene ring substituents is 1. The highest BCUT2D eigenvalue weighted by Crippen LogP contribution is 2.27. The van der Waals surface area contributed by atoms with Gasteiger partial charge in [-0.15, -0.1) is 0 Å². The molecule has 0 aliphatic carbocycles. The molecule has 0 saturated heterocycles. The lowest BCUT2D eigenvalue weighted by atomic mass is 10.3. The molecule has 74 valence electrons. The fourth-order valence-electron chi connectivity index (χ4n) is 1.04. The van der Waals surface area contributed by atoms with Crippen LogP contribution in [0.2, 0.25) is 0 Å². The van der Waals surface area contributed by atoms with E-state index in [1.54, 1.807) is 6.07 Å². The zero-order valence-corrected chi connectivity index (χ0v) is 7.75. The molecule has 1 heterocycles. The van der Waals surface area contributed by atoms with Gasteiger partial charge in [0.05, 0.1) is 15.1 Å². The van der Waals surface area contributed by atoms with Crippen LogP contribution in [0.5, 0.6) is 0 Å². The SMILES string of the molecule is Nc1nc2ccc([N+](=O)[O-])cc2s1.O. The molecule has 0 amide bonds. The molecule has 7 heteroatoms. The van der Waals surface area contributed by atoms with Crippen molar-refractivity contribution in [2.75, 3.05) is 5.73 Å². The number of hydrogen-bond acceptors (Lipinski definition) is 5. The number of benzene rings is 1. The van der Waals surface area contributed by atoms with Crippen molar-refractivity contribution < 1.29 is 10.4 Å². The summed E-state index contributed by atoms with van der Waals surface area (Å²) in [5, 5.41) is 10.8. The summed E-state index contributed by atoms with van der Waals surface area (Å²) < 4.78 is 0.742. The standard InChI is InChI=1S/C7H5N3O2S.H2O/c8-7-9-5-2-1-4(10(11)12)3-6(5)13-7;/h1-3H,(H2,8,9);1H2. The van der Waals surface area contributed by atoms with E-state index < -0.39 is 4.92 Å². The fourth-order valence-corrected chi connectivity index (χ4v) is 1.81. The maximum Gasteiger partial charge on any atom is 0.270 e. The first-order valence-electron chi connectivity index (χ1n) is 3.47. The normalized spacial score (nSPS) is 9.71. The van der Waals surface area contributed by atoms with Crippen LogP contribution in [0, 0.1) is 10.1 Å². The second-order valence-corrected chi connectivity index (χ2v) is 3.52. The summed E-state index contributed by atoms with van der Waals surface area (Å²) in [5.41, 5.74) is 6.22. The number of thiazole rings is 1. The van der Waals surface area contributed by atoms with E-state index in [9.17, 15) is 10.1 Å². The van der Waals surface area contributed by atoms with Gasteiger partial charge in [-0.3, -0.25) is 10.1 Å². The molecule has 2 aromatic rings. The van der Waals surface area contributed by atoms with E-state index in [4.69, 9.17) is 5.73 Å². The number of nitro groups is 1. The minimum Gasteiger partial charge on any atom is -0.412 e. The van der Waals surface area contributed by atoms with E-state index in [1.165, 1.54) is 23.5 Å². The second kappa shape index (κ2) is 3.56. The van der Waals surface area contributed by atoms with Crippen LogP contribution in [0.15, 0.2) is 18.2 Å². The van der Waals surface area contributed by atoms with Gasteiger partial charge in [0.25, 0.3) is 5.69 Å². The molecule has 0 radical (unpaired) electrons. The van der Waals surface area contributed by atoms with Crippen LogP contribution in [0.25, 0.3) is 10.2 Å². The van der Waals surface area contributed by atoms with Gasteiger partial charge in [-0.05, 0) is 6.07 Å². The van der Waals surface area contributed by atoms with Crippen LogP contribution in [0.4, 0.5) is 10.8 Å². The minimum absolute atomic E-state index is 0. The molecule has 2 rings (SSSR count). The van der Waals surface area contributed by atoms with Gasteiger partial charge in [-0.1, -0.05) is 11.3 Å². The summed E-state index contributed by atoms with van der Waals surface area (Å²) in [6.07, 6.45) is 0. The zero-order chi connectivity index (χ0) is 9.42. The van der Waals surface area contributed by atoms with Crippen LogP contribution in [0.3, 0.4) is 0 Å². The van der Waals surface area contributed by atoms with Crippen molar-refractivity contribution in [2.24, 2.45) is 0 Å². The van der Waals surface area contributed by atoms with Crippen molar-refractivity contribution in [1.29, 1.82) is 0 Å². The largest absolute Gasteiger partial charge is 0.412 e. The highest BCUT2D eigenvalue weighted by Gasteiger charge is 2.08. The summed E-state index contributed by atoms with van der Waals surface area (Å²) in [6, 6.07) is 4.49. The molecule has 1 aromatic carbocycles. The Hall–Kier alpha value is -1.73. The van der Waals surface area contributed by atoms with Gasteiger partial charge in [-0.25, -0.2) is 4.98 Å². The lowest BCUT2D eigenvalue weighted by molar-refractivity contribution is -0.384. The van der Waals surface area contributed by atoms with E-state index >= 15 is 0 Å². The molecular formula is C7H7N3O3S. The Balaban J connectivity index is 0.000000980. The van der Waals surface area contributed by atoms with E-state index in [0.29, 0.717) is 10.6 Å². The van der Waals surface area contributed by atoms with Crippen molar-refractivity contribution in [3.63, 3.8) is 0 Å². The number of nitrogens with two attached hydrogens (primary N) is 1. The Morgan fingerprint density at radius 1 is 1.50 bits per heavy atom. The van der Waals surface area contributed by atoms with Crippen LogP contribution in [0.1, 0.15) is 0 Å². The molecule has 0 bridgehead atoms. The van der Waals surface area contributed by atoms with Crippen LogP contribution in [-0.4, -0.2) is 15.4 Å². The van der Waals surface area contributed by atoms with E-state index in [1.807, 2.05) is 0 Å². The van der Waals surface area contributed by atoms with Gasteiger partial charge < -0.3 is 11.2 Å². The number of nitrogens with zero attached hydrogens (tertiary/aromatic N) is 2. The van der Waals surface area contributed by atoms with Gasteiger partial charge >= 0.3 is 0 Å². The van der Waals surface area contributed by atoms with Gasteiger partial charge in [0.2, 0.25) is 0 Å². The predicted octanol–water partition coefficient (Wildman–Crippen LogP) is 0.962. The Morgan fingerprint density at radius 2 is 2.21 bits per heavy atom. The van der Waals surface area contributed by atoms with Crippen molar-refractivity contribution in [2.45, 2.75) is 0 Å². The highest BCUT2D eigenvalue weighted by atomic mass is 32.1. The summed E-state index contributed by atoms with van der Waals surface area (Å²) in [5.74, 6) is 0. The molecule has 6 nitrogen and oxygen atoms in total. The number of hydrogen-bond donors (Lipinski definition) is 1. The van der Waals surface area contributed by atoms with Crippen LogP contribution < -0.4 is 5.73 Å². The molecule has 14 heavy (non-hydrogen) atoms. The Bertz CT molecular complexity index is 482. The smallest absolute Gasteiger partial charge is 0.270 e. The fraction of sp³-hybridized carbons (Fsp3) is 0. The summed E-state index contributed by atoms with van der Waals surface area (Å²) >= 11 is 1.25. The topological polar surface area (TPSA) is 114 Å². The first-order valence-corrected chi connectivity index (χ1v) is 4.29. The molecule has 0 spiro atoms. The van der Waals surface area contributed by atoms with Crippen molar-refractivity contribution in [3.05, 3.63) is 28.3 Å². The van der Waals surface area contributed by atoms with E-state index in [-0.39, 0.29) is 11.2 Å². The molecule has 0 atom stereocenters. The van der Waals surface area contributed by atoms with Crippen LogP contribution in [-0.2, 0) is 0 Å². The summed E-state index contributed by atoms with van der Waals surface area (Å²) in [7, 11) is 0. The third kappa shape index (κ3) is 1.63. The van der Waals surface area contributed by atoms with Gasteiger partial charge in [0.15, 0.2) is 5.13 Å². The molecule has 0 saturated carbocycles. The molecule has 1 aromatic heterocycles. The number of nitrogen functional groups attached to an aromatic ring is 1. The number of rotatable bonds is 1. The van der Waals surface area contributed by atoms with Crippen molar-refractivity contribution in [3.8, 4) is 0 Å². The maximum atomic E-state index is 10.4. The Kier molecular flexibility index (Phi) is 2.63. The average molecular weight is 213 g/mol. The minimum atomic E-state index is -0.435. The molecule has 0 aliphatic rings. The number of aromatic nitrogens is 1. The molecule has 0 aliphatic heterocycles. The summed E-state index contributed by atoms with van der Waals surface area (Å²) in [4.78, 5) is 14.0. The van der Waals surface area contributed by atoms with Gasteiger partial charge in [-0.2, -0.15) is 0 Å². The Labute approximate surface area is 82.4 Å². The van der Waals surface area contributed by atoms with Gasteiger partial charge in [0, 0.05) is 12.1 Å². The van der Waals surface area contributed by atoms with Crippen molar-refractivity contribution >= 4 is 32.4 Å². The van der Waals surface area contributed by atoms with Crippen LogP contribution >= 0.6 is 11.3 Å². The number of fused-ring (bicyclic) bond motifs is 1. The summed E-state index contributed by atoms with van der Waals surface area (Å²) in [6.45, 7) is 0. The quantitative estimate of drug-likeness (QED) is 0.561. The first kappa shape index (κ1) is 10.4. The maximum absolute atomic E-state index is 10.4. The third-order valence-corrected chi connectivity index (χ3v) is 2.45. The lowest BCUT2D eigenvalue weighted by Gasteiger charge is -1.88. The predicted molar refractivity (Wildman–Crippen MR) is 54.3 cm³/mol. The molecule has 4 N–H and O–H groups in total. The van der Waals surface area contributed by atoms with E-state index in [0.717, 1.165) is 4.70 Å². The third-order valence-electron chi connectivity index (χ3n) is 1.60. The van der Waals surface area contributed by atoms with Crippen molar-refractivity contribution in [1.82, 2.24) is 4.98 Å². The van der Waals surface area contributed by atoms with Gasteiger partial charge in [0.1, 0.15) is 0 Å². The second-order valence-electron chi connectivity index (χ2n) is 2.46. The molecular weight excluding hydrogens is 206 g/mol. The number of non-ortho nitro benzene ring substituents is 1.